The van der Waals surface area contributed by atoms with Crippen molar-refractivity contribution in [2.45, 2.75) is 19.3 Å². The lowest BCUT2D eigenvalue weighted by Crippen LogP contribution is -2.29. The maximum Gasteiger partial charge on any atom is 0.335 e. The molecule has 0 radical (unpaired) electrons. The first-order valence-electron chi connectivity index (χ1n) is 6.64. The standard InChI is InChI=1S/C14H20N2O5/c1-21-8-4-2-3-7-15-14(20)16-11-6-5-10(13(18)19)9-12(11)17/h5-6,9,17H,2-4,7-8H2,1H3,(H,18,19)(H2,15,16,20). The monoisotopic (exact) mass is 296 g/mol. The molecule has 0 spiro atoms. The summed E-state index contributed by atoms with van der Waals surface area (Å²) in [6.07, 6.45) is 2.73. The minimum Gasteiger partial charge on any atom is -0.506 e. The van der Waals surface area contributed by atoms with Crippen LogP contribution in [0, 0.1) is 0 Å². The molecule has 116 valence electrons. The predicted molar refractivity (Wildman–Crippen MR) is 77.8 cm³/mol. The number of aromatic hydroxyl groups is 1. The van der Waals surface area contributed by atoms with Crippen LogP contribution < -0.4 is 10.6 Å². The van der Waals surface area contributed by atoms with Gasteiger partial charge >= 0.3 is 12.0 Å². The van der Waals surface area contributed by atoms with Crippen molar-refractivity contribution in [3.63, 3.8) is 0 Å². The molecule has 0 atom stereocenters. The summed E-state index contributed by atoms with van der Waals surface area (Å²) in [4.78, 5) is 22.3. The zero-order valence-corrected chi connectivity index (χ0v) is 11.9. The summed E-state index contributed by atoms with van der Waals surface area (Å²) in [5.74, 6) is -1.43. The Morgan fingerprint density at radius 2 is 2.00 bits per heavy atom. The highest BCUT2D eigenvalue weighted by atomic mass is 16.5. The van der Waals surface area contributed by atoms with Crippen LogP contribution in [0.5, 0.6) is 5.75 Å². The zero-order chi connectivity index (χ0) is 15.7. The van der Waals surface area contributed by atoms with Crippen LogP contribution in [0.1, 0.15) is 29.6 Å². The Morgan fingerprint density at radius 3 is 2.62 bits per heavy atom. The summed E-state index contributed by atoms with van der Waals surface area (Å²) >= 11 is 0. The number of phenols is 1. The number of hydrogen-bond donors (Lipinski definition) is 4. The van der Waals surface area contributed by atoms with Crippen molar-refractivity contribution in [2.24, 2.45) is 0 Å². The molecule has 0 aliphatic heterocycles. The van der Waals surface area contributed by atoms with Crippen molar-refractivity contribution >= 4 is 17.7 Å². The largest absolute Gasteiger partial charge is 0.506 e. The average Bonchev–Trinajstić information content (AvgIpc) is 2.44. The third kappa shape index (κ3) is 6.13. The van der Waals surface area contributed by atoms with Gasteiger partial charge in [0.05, 0.1) is 11.3 Å². The van der Waals surface area contributed by atoms with Gasteiger partial charge in [0, 0.05) is 20.3 Å². The van der Waals surface area contributed by atoms with Gasteiger partial charge in [-0.3, -0.25) is 0 Å². The van der Waals surface area contributed by atoms with Crippen LogP contribution in [-0.4, -0.2) is 42.5 Å². The van der Waals surface area contributed by atoms with Crippen LogP contribution in [-0.2, 0) is 4.74 Å². The highest BCUT2D eigenvalue weighted by Gasteiger charge is 2.09. The highest BCUT2D eigenvalue weighted by Crippen LogP contribution is 2.24. The van der Waals surface area contributed by atoms with Gasteiger partial charge in [-0.15, -0.1) is 0 Å². The number of aromatic carboxylic acids is 1. The number of hydrogen-bond acceptors (Lipinski definition) is 4. The number of carbonyl (C=O) groups excluding carboxylic acids is 1. The average molecular weight is 296 g/mol. The fourth-order valence-electron chi connectivity index (χ4n) is 1.69. The fraction of sp³-hybridized carbons (Fsp3) is 0.429. The van der Waals surface area contributed by atoms with E-state index in [1.165, 1.54) is 12.1 Å². The number of unbranched alkanes of at least 4 members (excludes halogenated alkanes) is 2. The van der Waals surface area contributed by atoms with E-state index in [9.17, 15) is 14.7 Å². The SMILES string of the molecule is COCCCCCNC(=O)Nc1ccc(C(=O)O)cc1O. The Kier molecular flexibility index (Phi) is 7.03. The lowest BCUT2D eigenvalue weighted by atomic mass is 10.2. The predicted octanol–water partition coefficient (Wildman–Crippen LogP) is 2.03. The molecule has 1 aromatic rings. The van der Waals surface area contributed by atoms with E-state index in [-0.39, 0.29) is 17.0 Å². The normalized spacial score (nSPS) is 10.1. The first-order chi connectivity index (χ1) is 10.0. The zero-order valence-electron chi connectivity index (χ0n) is 11.9. The van der Waals surface area contributed by atoms with E-state index >= 15 is 0 Å². The van der Waals surface area contributed by atoms with Crippen molar-refractivity contribution in [2.75, 3.05) is 25.6 Å². The molecule has 0 aliphatic carbocycles. The summed E-state index contributed by atoms with van der Waals surface area (Å²) in [6, 6.07) is 3.29. The molecule has 0 unspecified atom stereocenters. The molecule has 0 saturated carbocycles. The van der Waals surface area contributed by atoms with Gasteiger partial charge in [0.2, 0.25) is 0 Å². The summed E-state index contributed by atoms with van der Waals surface area (Å²) in [7, 11) is 1.65. The Labute approximate surface area is 122 Å². The number of benzene rings is 1. The maximum atomic E-state index is 11.6. The molecule has 1 rings (SSSR count). The molecular weight excluding hydrogens is 276 g/mol. The number of urea groups is 1. The van der Waals surface area contributed by atoms with Gasteiger partial charge < -0.3 is 25.6 Å². The second kappa shape index (κ2) is 8.80. The van der Waals surface area contributed by atoms with Gasteiger partial charge in [-0.05, 0) is 37.5 Å². The first kappa shape index (κ1) is 16.8. The smallest absolute Gasteiger partial charge is 0.335 e. The minimum atomic E-state index is -1.14. The van der Waals surface area contributed by atoms with Crippen molar-refractivity contribution in [1.82, 2.24) is 5.32 Å². The molecule has 1 aromatic carbocycles. The molecule has 21 heavy (non-hydrogen) atoms. The summed E-state index contributed by atoms with van der Waals surface area (Å²) in [6.45, 7) is 1.22. The van der Waals surface area contributed by atoms with E-state index in [1.54, 1.807) is 7.11 Å². The molecule has 0 fully saturated rings. The van der Waals surface area contributed by atoms with Gasteiger partial charge in [-0.1, -0.05) is 0 Å². The number of anilines is 1. The molecule has 2 amide bonds. The molecule has 0 aliphatic rings. The number of ether oxygens (including phenoxy) is 1. The van der Waals surface area contributed by atoms with Gasteiger partial charge in [0.25, 0.3) is 0 Å². The second-order valence-corrected chi connectivity index (χ2v) is 4.47. The highest BCUT2D eigenvalue weighted by molar-refractivity contribution is 5.93. The Balaban J connectivity index is 2.36. The van der Waals surface area contributed by atoms with E-state index in [0.717, 1.165) is 25.3 Å². The first-order valence-corrected chi connectivity index (χ1v) is 6.64. The van der Waals surface area contributed by atoms with Gasteiger partial charge in [0.15, 0.2) is 0 Å². The number of phenolic OH excluding ortho intramolecular Hbond substituents is 1. The van der Waals surface area contributed by atoms with Crippen LogP contribution in [0.25, 0.3) is 0 Å². The van der Waals surface area contributed by atoms with Crippen LogP contribution in [0.4, 0.5) is 10.5 Å². The van der Waals surface area contributed by atoms with Crippen LogP contribution >= 0.6 is 0 Å². The molecule has 0 saturated heterocycles. The van der Waals surface area contributed by atoms with Crippen molar-refractivity contribution < 1.29 is 24.5 Å². The third-order valence-corrected chi connectivity index (χ3v) is 2.80. The van der Waals surface area contributed by atoms with E-state index in [1.807, 2.05) is 0 Å². The molecule has 0 aromatic heterocycles. The summed E-state index contributed by atoms with van der Waals surface area (Å²) in [5.41, 5.74) is 0.119. The number of carboxylic acids is 1. The van der Waals surface area contributed by atoms with E-state index in [0.29, 0.717) is 13.2 Å². The van der Waals surface area contributed by atoms with Crippen LogP contribution in [0.2, 0.25) is 0 Å². The van der Waals surface area contributed by atoms with Crippen molar-refractivity contribution in [3.05, 3.63) is 23.8 Å². The van der Waals surface area contributed by atoms with E-state index < -0.39 is 12.0 Å². The van der Waals surface area contributed by atoms with Gasteiger partial charge in [-0.2, -0.15) is 0 Å². The van der Waals surface area contributed by atoms with Crippen LogP contribution in [0.3, 0.4) is 0 Å². The number of amides is 2. The van der Waals surface area contributed by atoms with Crippen molar-refractivity contribution in [1.29, 1.82) is 0 Å². The molecule has 7 nitrogen and oxygen atoms in total. The maximum absolute atomic E-state index is 11.6. The molecule has 4 N–H and O–H groups in total. The second-order valence-electron chi connectivity index (χ2n) is 4.47. The van der Waals surface area contributed by atoms with Crippen molar-refractivity contribution in [3.8, 4) is 5.75 Å². The van der Waals surface area contributed by atoms with Gasteiger partial charge in [0.1, 0.15) is 5.75 Å². The Morgan fingerprint density at radius 1 is 1.24 bits per heavy atom. The molecule has 0 heterocycles. The fourth-order valence-corrected chi connectivity index (χ4v) is 1.69. The minimum absolute atomic E-state index is 0.0448. The third-order valence-electron chi connectivity index (χ3n) is 2.80. The number of carboxylic acid groups (broad SMARTS) is 1. The number of rotatable bonds is 8. The molecule has 7 heteroatoms. The van der Waals surface area contributed by atoms with Gasteiger partial charge in [-0.25, -0.2) is 9.59 Å². The topological polar surface area (TPSA) is 108 Å². The lowest BCUT2D eigenvalue weighted by Gasteiger charge is -2.09. The number of methoxy groups -OCH3 is 1. The van der Waals surface area contributed by atoms with Crippen LogP contribution in [0.15, 0.2) is 18.2 Å². The Hall–Kier alpha value is -2.28. The number of nitrogens with one attached hydrogen (secondary N) is 2. The quantitative estimate of drug-likeness (QED) is 0.433. The molecular formula is C14H20N2O5. The lowest BCUT2D eigenvalue weighted by molar-refractivity contribution is 0.0696. The van der Waals surface area contributed by atoms with E-state index in [4.69, 9.17) is 9.84 Å². The number of carbonyl (C=O) groups is 2. The molecule has 0 bridgehead atoms. The van der Waals surface area contributed by atoms with E-state index in [2.05, 4.69) is 10.6 Å². The Bertz CT molecular complexity index is 490. The summed E-state index contributed by atoms with van der Waals surface area (Å²) in [5, 5.41) is 23.5. The summed E-state index contributed by atoms with van der Waals surface area (Å²) < 4.78 is 4.92.